The number of piperidine rings is 1. The molecule has 8 nitrogen and oxygen atoms in total. The van der Waals surface area contributed by atoms with Gasteiger partial charge < -0.3 is 24.6 Å². The van der Waals surface area contributed by atoms with E-state index in [0.717, 1.165) is 37.8 Å². The van der Waals surface area contributed by atoms with Crippen molar-refractivity contribution in [2.75, 3.05) is 40.0 Å². The van der Waals surface area contributed by atoms with Crippen molar-refractivity contribution in [2.45, 2.75) is 37.8 Å². The van der Waals surface area contributed by atoms with E-state index >= 15 is 0 Å². The number of ether oxygens (including phenoxy) is 2. The van der Waals surface area contributed by atoms with Gasteiger partial charge >= 0.3 is 5.97 Å². The first-order valence-corrected chi connectivity index (χ1v) is 9.67. The number of aliphatic hydroxyl groups excluding tert-OH is 1. The van der Waals surface area contributed by atoms with Crippen molar-refractivity contribution < 1.29 is 29.3 Å². The quantitative estimate of drug-likeness (QED) is 0.684. The average molecular weight is 392 g/mol. The average Bonchev–Trinajstić information content (AvgIpc) is 3.07. The zero-order chi connectivity index (χ0) is 20.1. The SMILES string of the molecule is COc1ccc(CN2CCCC23CCCN(CCO)C3=O)cc1OCC(=O)O. The van der Waals surface area contributed by atoms with Crippen molar-refractivity contribution in [3.63, 3.8) is 0 Å². The van der Waals surface area contributed by atoms with E-state index in [1.54, 1.807) is 17.0 Å². The van der Waals surface area contributed by atoms with Crippen LogP contribution in [-0.2, 0) is 16.1 Å². The summed E-state index contributed by atoms with van der Waals surface area (Å²) in [6.45, 7) is 2.02. The van der Waals surface area contributed by atoms with E-state index in [9.17, 15) is 14.7 Å². The number of hydrogen-bond donors (Lipinski definition) is 2. The number of carboxylic acid groups (broad SMARTS) is 1. The minimum absolute atomic E-state index is 0.0232. The topological polar surface area (TPSA) is 99.5 Å². The third-order valence-electron chi connectivity index (χ3n) is 5.65. The van der Waals surface area contributed by atoms with Crippen molar-refractivity contribution in [1.82, 2.24) is 9.80 Å². The minimum Gasteiger partial charge on any atom is -0.493 e. The van der Waals surface area contributed by atoms with Crippen LogP contribution in [0.1, 0.15) is 31.2 Å². The van der Waals surface area contributed by atoms with Gasteiger partial charge in [-0.1, -0.05) is 6.07 Å². The number of rotatable bonds is 8. The van der Waals surface area contributed by atoms with Crippen molar-refractivity contribution in [3.05, 3.63) is 23.8 Å². The van der Waals surface area contributed by atoms with Crippen LogP contribution in [0, 0.1) is 0 Å². The van der Waals surface area contributed by atoms with Crippen molar-refractivity contribution in [1.29, 1.82) is 0 Å². The lowest BCUT2D eigenvalue weighted by Crippen LogP contribution is -2.60. The number of amides is 1. The second-order valence-electron chi connectivity index (χ2n) is 7.34. The predicted octanol–water partition coefficient (Wildman–Crippen LogP) is 1.11. The highest BCUT2D eigenvalue weighted by Gasteiger charge is 2.50. The summed E-state index contributed by atoms with van der Waals surface area (Å²) in [5.74, 6) is -0.0829. The van der Waals surface area contributed by atoms with E-state index in [4.69, 9.17) is 14.6 Å². The van der Waals surface area contributed by atoms with Crippen LogP contribution in [-0.4, -0.2) is 77.4 Å². The molecule has 0 aromatic heterocycles. The molecule has 1 spiro atoms. The fourth-order valence-electron chi connectivity index (χ4n) is 4.38. The zero-order valence-electron chi connectivity index (χ0n) is 16.2. The molecule has 154 valence electrons. The van der Waals surface area contributed by atoms with Gasteiger partial charge in [0.05, 0.1) is 13.7 Å². The highest BCUT2D eigenvalue weighted by molar-refractivity contribution is 5.87. The molecule has 0 saturated carbocycles. The van der Waals surface area contributed by atoms with E-state index in [1.165, 1.54) is 7.11 Å². The lowest BCUT2D eigenvalue weighted by molar-refractivity contribution is -0.148. The van der Waals surface area contributed by atoms with E-state index in [1.807, 2.05) is 6.07 Å². The molecule has 2 heterocycles. The summed E-state index contributed by atoms with van der Waals surface area (Å²) < 4.78 is 10.6. The number of aliphatic carboxylic acids is 1. The Hall–Kier alpha value is -2.32. The molecule has 2 fully saturated rings. The Bertz CT molecular complexity index is 723. The fourth-order valence-corrected chi connectivity index (χ4v) is 4.38. The van der Waals surface area contributed by atoms with Crippen molar-refractivity contribution in [2.24, 2.45) is 0 Å². The summed E-state index contributed by atoms with van der Waals surface area (Å²) in [6.07, 6.45) is 3.54. The maximum Gasteiger partial charge on any atom is 0.341 e. The first-order valence-electron chi connectivity index (χ1n) is 9.67. The highest BCUT2D eigenvalue weighted by Crippen LogP contribution is 2.39. The van der Waals surface area contributed by atoms with Gasteiger partial charge in [-0.3, -0.25) is 9.69 Å². The summed E-state index contributed by atoms with van der Waals surface area (Å²) in [5, 5.41) is 18.1. The lowest BCUT2D eigenvalue weighted by atomic mass is 9.85. The number of hydrogen-bond acceptors (Lipinski definition) is 6. The van der Waals surface area contributed by atoms with Gasteiger partial charge in [0.2, 0.25) is 5.91 Å². The molecule has 0 bridgehead atoms. The van der Waals surface area contributed by atoms with Gasteiger partial charge in [-0.2, -0.15) is 0 Å². The number of carbonyl (C=O) groups is 2. The van der Waals surface area contributed by atoms with Crippen LogP contribution in [0.2, 0.25) is 0 Å². The molecule has 1 atom stereocenters. The zero-order valence-corrected chi connectivity index (χ0v) is 16.2. The van der Waals surface area contributed by atoms with Crippen LogP contribution >= 0.6 is 0 Å². The third kappa shape index (κ3) is 4.07. The standard InChI is InChI=1S/C20H28N2O6/c1-27-16-5-4-15(12-17(16)28-14-18(24)25)13-22-9-3-7-20(22)6-2-8-21(10-11-23)19(20)26/h4-5,12,23H,2-3,6-11,13-14H2,1H3,(H,24,25). The van der Waals surface area contributed by atoms with E-state index in [-0.39, 0.29) is 12.5 Å². The molecule has 1 unspecified atom stereocenters. The Morgan fingerprint density at radius 2 is 1.96 bits per heavy atom. The van der Waals surface area contributed by atoms with E-state index in [2.05, 4.69) is 4.90 Å². The third-order valence-corrected chi connectivity index (χ3v) is 5.65. The number of carbonyl (C=O) groups excluding carboxylic acids is 1. The first-order chi connectivity index (χ1) is 13.5. The molecule has 0 aliphatic carbocycles. The lowest BCUT2D eigenvalue weighted by Gasteiger charge is -2.44. The molecule has 2 N–H and O–H groups in total. The number of β-amino-alcohol motifs (C(OH)–C–C–N with tert-alkyl or cyclic N) is 1. The van der Waals surface area contributed by atoms with Crippen LogP contribution in [0.15, 0.2) is 18.2 Å². The summed E-state index contributed by atoms with van der Waals surface area (Å²) in [5.41, 5.74) is 0.435. The van der Waals surface area contributed by atoms with Crippen LogP contribution < -0.4 is 9.47 Å². The number of methoxy groups -OCH3 is 1. The van der Waals surface area contributed by atoms with Crippen LogP contribution in [0.25, 0.3) is 0 Å². The summed E-state index contributed by atoms with van der Waals surface area (Å²) >= 11 is 0. The Morgan fingerprint density at radius 1 is 1.21 bits per heavy atom. The van der Waals surface area contributed by atoms with Crippen LogP contribution in [0.3, 0.4) is 0 Å². The predicted molar refractivity (Wildman–Crippen MR) is 101 cm³/mol. The molecular weight excluding hydrogens is 364 g/mol. The number of likely N-dealkylation sites (tertiary alicyclic amines) is 2. The van der Waals surface area contributed by atoms with E-state index in [0.29, 0.717) is 31.1 Å². The molecule has 3 rings (SSSR count). The molecule has 0 radical (unpaired) electrons. The number of aliphatic hydroxyl groups is 1. The summed E-state index contributed by atoms with van der Waals surface area (Å²) in [4.78, 5) is 28.0. The first kappa shape index (κ1) is 20.4. The second-order valence-corrected chi connectivity index (χ2v) is 7.34. The van der Waals surface area contributed by atoms with Gasteiger partial charge in [-0.25, -0.2) is 4.79 Å². The van der Waals surface area contributed by atoms with Gasteiger partial charge in [-0.15, -0.1) is 0 Å². The summed E-state index contributed by atoms with van der Waals surface area (Å²) in [7, 11) is 1.51. The fraction of sp³-hybridized carbons (Fsp3) is 0.600. The molecule has 1 amide bonds. The Balaban J connectivity index is 1.79. The van der Waals surface area contributed by atoms with Crippen LogP contribution in [0.5, 0.6) is 11.5 Å². The highest BCUT2D eigenvalue weighted by atomic mass is 16.5. The Morgan fingerprint density at radius 3 is 2.64 bits per heavy atom. The molecule has 8 heteroatoms. The Kier molecular flexibility index (Phi) is 6.41. The molecule has 2 saturated heterocycles. The molecule has 1 aromatic rings. The van der Waals surface area contributed by atoms with Gasteiger partial charge in [0.25, 0.3) is 0 Å². The number of nitrogens with zero attached hydrogens (tertiary/aromatic N) is 2. The van der Waals surface area contributed by atoms with Crippen molar-refractivity contribution in [3.8, 4) is 11.5 Å². The molecule has 1 aromatic carbocycles. The summed E-state index contributed by atoms with van der Waals surface area (Å²) in [6, 6.07) is 5.46. The molecular formula is C20H28N2O6. The van der Waals surface area contributed by atoms with Crippen LogP contribution in [0.4, 0.5) is 0 Å². The second kappa shape index (κ2) is 8.79. The van der Waals surface area contributed by atoms with Gasteiger partial charge in [0.15, 0.2) is 18.1 Å². The maximum atomic E-state index is 13.1. The van der Waals surface area contributed by atoms with Gasteiger partial charge in [0.1, 0.15) is 5.54 Å². The maximum absolute atomic E-state index is 13.1. The number of carboxylic acids is 1. The smallest absolute Gasteiger partial charge is 0.341 e. The van der Waals surface area contributed by atoms with E-state index < -0.39 is 18.1 Å². The molecule has 28 heavy (non-hydrogen) atoms. The normalized spacial score (nSPS) is 22.6. The Labute approximate surface area is 164 Å². The van der Waals surface area contributed by atoms with Gasteiger partial charge in [0, 0.05) is 19.6 Å². The number of benzene rings is 1. The van der Waals surface area contributed by atoms with Crippen molar-refractivity contribution >= 4 is 11.9 Å². The molecule has 2 aliphatic rings. The van der Waals surface area contributed by atoms with Gasteiger partial charge in [-0.05, 0) is 49.9 Å². The largest absolute Gasteiger partial charge is 0.493 e. The monoisotopic (exact) mass is 392 g/mol. The molecule has 2 aliphatic heterocycles. The minimum atomic E-state index is -1.05.